The van der Waals surface area contributed by atoms with E-state index in [4.69, 9.17) is 4.98 Å². The summed E-state index contributed by atoms with van der Waals surface area (Å²) in [4.78, 5) is 36.7. The fraction of sp³-hybridized carbons (Fsp3) is 0.154. The monoisotopic (exact) mass is 510 g/mol. The van der Waals surface area contributed by atoms with Gasteiger partial charge < -0.3 is 0 Å². The molecule has 2 N–H and O–H groups in total. The van der Waals surface area contributed by atoms with Crippen molar-refractivity contribution in [2.75, 3.05) is 0 Å². The summed E-state index contributed by atoms with van der Waals surface area (Å²) in [6.45, 7) is 4.00. The molecule has 8 bridgehead atoms. The number of aromatic amines is 2. The molecule has 0 saturated heterocycles. The van der Waals surface area contributed by atoms with Gasteiger partial charge in [-0.1, -0.05) is 13.8 Å². The fourth-order valence-corrected chi connectivity index (χ4v) is 5.73. The summed E-state index contributed by atoms with van der Waals surface area (Å²) < 4.78 is 18.6. The van der Waals surface area contributed by atoms with Crippen LogP contribution in [0.4, 0.5) is 4.39 Å². The first-order chi connectivity index (χ1) is 18.0. The normalized spacial score (nSPS) is 12.1. The van der Waals surface area contributed by atoms with E-state index >= 15 is 4.39 Å². The van der Waals surface area contributed by atoms with E-state index in [2.05, 4.69) is 30.1 Å². The number of carbonyl (C=O) groups is 1. The van der Waals surface area contributed by atoms with Gasteiger partial charge in [-0.05, 0) is 24.1 Å². The highest BCUT2D eigenvalue weighted by atomic mass is 32.1. The van der Waals surface area contributed by atoms with Crippen LogP contribution in [0.15, 0.2) is 49.2 Å². The van der Waals surface area contributed by atoms with Crippen LogP contribution >= 0.6 is 11.3 Å². The van der Waals surface area contributed by atoms with Gasteiger partial charge in [0.1, 0.15) is 27.1 Å². The zero-order valence-corrected chi connectivity index (χ0v) is 20.6. The van der Waals surface area contributed by atoms with Crippen molar-refractivity contribution in [1.82, 2.24) is 39.7 Å². The summed E-state index contributed by atoms with van der Waals surface area (Å²) in [5, 5.41) is 7.21. The van der Waals surface area contributed by atoms with E-state index in [1.54, 1.807) is 41.6 Å². The van der Waals surface area contributed by atoms with Crippen LogP contribution in [0.2, 0.25) is 0 Å². The Hall–Kier alpha value is -4.51. The zero-order valence-electron chi connectivity index (χ0n) is 19.8. The van der Waals surface area contributed by atoms with Gasteiger partial charge in [0.2, 0.25) is 5.91 Å². The molecule has 0 radical (unpaired) electrons. The second kappa shape index (κ2) is 8.00. The van der Waals surface area contributed by atoms with Gasteiger partial charge in [0.05, 0.1) is 35.2 Å². The standard InChI is InChI=1S/C26H19FN8OS/c1-12(2)5-19(36)35-14-6-13(7-28-8-14)23-22(27)21-16(11-30-23)33-34-25(21)26-31-17-10-29-9-15(24(17)32-26)18-3-4-20(35)37-18/h3-4,6-12,33-34H,5H2,1-2H3. The van der Waals surface area contributed by atoms with Crippen molar-refractivity contribution in [2.24, 2.45) is 5.92 Å². The summed E-state index contributed by atoms with van der Waals surface area (Å²) in [6, 6.07) is 5.60. The number of fused-ring (bicyclic) bond motifs is 9. The maximum atomic E-state index is 16.1. The number of nitrogens with zero attached hydrogens (tertiary/aromatic N) is 6. The predicted molar refractivity (Wildman–Crippen MR) is 142 cm³/mol. The van der Waals surface area contributed by atoms with Crippen LogP contribution < -0.4 is 0 Å². The highest BCUT2D eigenvalue weighted by Crippen LogP contribution is 2.34. The predicted octanol–water partition coefficient (Wildman–Crippen LogP) is 6.00. The number of thiophene rings is 1. The van der Waals surface area contributed by atoms with Gasteiger partial charge in [-0.15, -0.1) is 11.3 Å². The molecule has 5 aromatic rings. The zero-order chi connectivity index (χ0) is 25.3. The summed E-state index contributed by atoms with van der Waals surface area (Å²) in [7, 11) is 0. The first kappa shape index (κ1) is 21.7. The molecule has 11 heteroatoms. The highest BCUT2D eigenvalue weighted by molar-refractivity contribution is 7.24. The van der Waals surface area contributed by atoms with Crippen molar-refractivity contribution in [3.8, 4) is 11.3 Å². The molecule has 7 rings (SSSR count). The van der Waals surface area contributed by atoms with E-state index in [9.17, 15) is 4.79 Å². The molecule has 0 aromatic carbocycles. The van der Waals surface area contributed by atoms with Crippen LogP contribution in [0, 0.1) is 11.7 Å². The molecule has 7 heterocycles. The van der Waals surface area contributed by atoms with Crippen molar-refractivity contribution in [3.05, 3.63) is 55.0 Å². The van der Waals surface area contributed by atoms with Gasteiger partial charge >= 0.3 is 0 Å². The van der Waals surface area contributed by atoms with E-state index < -0.39 is 5.82 Å². The first-order valence-corrected chi connectivity index (χ1v) is 12.5. The maximum Gasteiger partial charge on any atom is 0.232 e. The van der Waals surface area contributed by atoms with E-state index in [1.807, 2.05) is 26.0 Å². The lowest BCUT2D eigenvalue weighted by molar-refractivity contribution is 0.0897. The van der Waals surface area contributed by atoms with Crippen molar-refractivity contribution < 1.29 is 9.18 Å². The number of H-pyrrole nitrogens is 2. The van der Waals surface area contributed by atoms with Crippen LogP contribution in [0.1, 0.15) is 25.1 Å². The minimum Gasteiger partial charge on any atom is -0.298 e. The third kappa shape index (κ3) is 3.34. The molecular weight excluding hydrogens is 491 g/mol. The van der Waals surface area contributed by atoms with Gasteiger partial charge in [0.15, 0.2) is 11.5 Å². The molecule has 2 aliphatic heterocycles. The first-order valence-electron chi connectivity index (χ1n) is 11.7. The molecule has 0 unspecified atom stereocenters. The number of hydrogen-bond donors (Lipinski definition) is 2. The van der Waals surface area contributed by atoms with Crippen molar-refractivity contribution >= 4 is 70.8 Å². The molecule has 0 aliphatic carbocycles. The Bertz CT molecular complexity index is 2050. The Morgan fingerprint density at radius 2 is 1.92 bits per heavy atom. The Morgan fingerprint density at radius 1 is 1.05 bits per heavy atom. The van der Waals surface area contributed by atoms with Gasteiger partial charge in [0.25, 0.3) is 0 Å². The van der Waals surface area contributed by atoms with Gasteiger partial charge in [0, 0.05) is 34.3 Å². The quantitative estimate of drug-likeness (QED) is 0.294. The van der Waals surface area contributed by atoms with E-state index in [0.717, 1.165) is 14.9 Å². The summed E-state index contributed by atoms with van der Waals surface area (Å²) in [6.07, 6.45) is 8.43. The van der Waals surface area contributed by atoms with Crippen molar-refractivity contribution in [1.29, 1.82) is 0 Å². The van der Waals surface area contributed by atoms with Gasteiger partial charge in [-0.2, -0.15) is 0 Å². The number of halogens is 1. The number of pyridine rings is 3. The second-order valence-electron chi connectivity index (χ2n) is 9.33. The van der Waals surface area contributed by atoms with E-state index in [0.29, 0.717) is 50.8 Å². The van der Waals surface area contributed by atoms with E-state index in [1.165, 1.54) is 11.3 Å². The summed E-state index contributed by atoms with van der Waals surface area (Å²) in [5.74, 6) is -0.464. The Labute approximate surface area is 212 Å². The number of nitrogens with one attached hydrogen (secondary N) is 2. The summed E-state index contributed by atoms with van der Waals surface area (Å²) in [5.41, 5.74) is 3.43. The fourth-order valence-electron chi connectivity index (χ4n) is 4.67. The molecule has 182 valence electrons. The lowest BCUT2D eigenvalue weighted by Crippen LogP contribution is -2.13. The van der Waals surface area contributed by atoms with Gasteiger partial charge in [-0.3, -0.25) is 34.5 Å². The molecule has 0 amide bonds. The molecule has 37 heavy (non-hydrogen) atoms. The molecule has 2 aliphatic rings. The number of imidazole rings is 1. The van der Waals surface area contributed by atoms with Crippen LogP contribution in [-0.2, 0) is 0 Å². The molecule has 5 aromatic heterocycles. The molecular formula is C26H19FN8OS. The number of rotatable bonds is 2. The molecule has 0 atom stereocenters. The Balaban J connectivity index is 1.73. The second-order valence-corrected chi connectivity index (χ2v) is 10.4. The minimum absolute atomic E-state index is 0.0789. The smallest absolute Gasteiger partial charge is 0.232 e. The maximum absolute atomic E-state index is 16.1. The molecule has 0 spiro atoms. The average Bonchev–Trinajstić information content (AvgIpc) is 3.61. The largest absolute Gasteiger partial charge is 0.298 e. The SMILES string of the molecule is CC(C)CC(=O)n1c2cncc(c2)c2ncc3[nH][nH]c(c4nc5cncc(c6ccc1s6)c5n4)-c3c2F. The molecule has 0 saturated carbocycles. The lowest BCUT2D eigenvalue weighted by Gasteiger charge is -2.09. The molecule has 0 fully saturated rings. The van der Waals surface area contributed by atoms with Crippen molar-refractivity contribution in [3.63, 3.8) is 0 Å². The van der Waals surface area contributed by atoms with Crippen molar-refractivity contribution in [2.45, 2.75) is 20.3 Å². The van der Waals surface area contributed by atoms with Gasteiger partial charge in [-0.25, -0.2) is 14.4 Å². The highest BCUT2D eigenvalue weighted by Gasteiger charge is 2.21. The van der Waals surface area contributed by atoms with Crippen LogP contribution in [0.25, 0.3) is 64.8 Å². The topological polar surface area (TPSA) is 118 Å². The number of aromatic nitrogens is 8. The lowest BCUT2D eigenvalue weighted by atomic mass is 10.1. The average molecular weight is 511 g/mol. The Morgan fingerprint density at radius 3 is 2.78 bits per heavy atom. The number of hydrogen-bond acceptors (Lipinski definition) is 7. The van der Waals surface area contributed by atoms with E-state index in [-0.39, 0.29) is 17.3 Å². The minimum atomic E-state index is -0.538. The van der Waals surface area contributed by atoms with Crippen LogP contribution in [-0.4, -0.2) is 45.6 Å². The third-order valence-electron chi connectivity index (χ3n) is 6.32. The summed E-state index contributed by atoms with van der Waals surface area (Å²) >= 11 is 1.45. The molecule has 9 nitrogen and oxygen atoms in total. The van der Waals surface area contributed by atoms with Crippen LogP contribution in [0.3, 0.4) is 0 Å². The van der Waals surface area contributed by atoms with Crippen LogP contribution in [0.5, 0.6) is 0 Å². The third-order valence-corrected chi connectivity index (χ3v) is 7.43. The number of carbonyl (C=O) groups excluding carboxylic acids is 1. The Kier molecular flexibility index (Phi) is 4.70.